The molecular formula is C17H23N3O3. The summed E-state index contributed by atoms with van der Waals surface area (Å²) in [5, 5.41) is 2.57. The molecule has 0 aliphatic carbocycles. The van der Waals surface area contributed by atoms with Crippen LogP contribution in [0.3, 0.4) is 0 Å². The lowest BCUT2D eigenvalue weighted by molar-refractivity contribution is -0.134. The predicted octanol–water partition coefficient (Wildman–Crippen LogP) is 0.932. The van der Waals surface area contributed by atoms with Crippen molar-refractivity contribution in [2.24, 2.45) is 0 Å². The lowest BCUT2D eigenvalue weighted by atomic mass is 10.0. The fourth-order valence-electron chi connectivity index (χ4n) is 2.82. The van der Waals surface area contributed by atoms with Crippen LogP contribution < -0.4 is 5.32 Å². The fraction of sp³-hybridized carbons (Fsp3) is 0.471. The normalized spacial score (nSPS) is 20.3. The number of nitrogens with one attached hydrogen (secondary N) is 1. The molecule has 2 heterocycles. The summed E-state index contributed by atoms with van der Waals surface area (Å²) < 4.78 is 5.83. The molecule has 2 atom stereocenters. The summed E-state index contributed by atoms with van der Waals surface area (Å²) >= 11 is 0. The van der Waals surface area contributed by atoms with Crippen LogP contribution >= 0.6 is 0 Å². The second-order valence-electron chi connectivity index (χ2n) is 5.57. The largest absolute Gasteiger partial charge is 0.372 e. The Morgan fingerprint density at radius 3 is 2.87 bits per heavy atom. The van der Waals surface area contributed by atoms with E-state index in [4.69, 9.17) is 4.74 Å². The van der Waals surface area contributed by atoms with E-state index in [2.05, 4.69) is 16.9 Å². The van der Waals surface area contributed by atoms with Crippen LogP contribution in [0.5, 0.6) is 0 Å². The van der Waals surface area contributed by atoms with Gasteiger partial charge in [0.1, 0.15) is 0 Å². The van der Waals surface area contributed by atoms with E-state index in [1.165, 1.54) is 6.92 Å². The third kappa shape index (κ3) is 4.89. The van der Waals surface area contributed by atoms with Gasteiger partial charge < -0.3 is 15.0 Å². The van der Waals surface area contributed by atoms with E-state index in [9.17, 15) is 9.59 Å². The van der Waals surface area contributed by atoms with Gasteiger partial charge in [0.05, 0.1) is 25.3 Å². The Morgan fingerprint density at radius 2 is 2.22 bits per heavy atom. The monoisotopic (exact) mass is 317 g/mol. The zero-order chi connectivity index (χ0) is 16.7. The van der Waals surface area contributed by atoms with Crippen LogP contribution in [0, 0.1) is 0 Å². The second-order valence-corrected chi connectivity index (χ2v) is 5.57. The molecule has 2 amide bonds. The first-order chi connectivity index (χ1) is 11.1. The van der Waals surface area contributed by atoms with Crippen LogP contribution in [-0.2, 0) is 20.7 Å². The quantitative estimate of drug-likeness (QED) is 0.760. The molecule has 0 aromatic carbocycles. The number of pyridine rings is 1. The number of amides is 2. The molecule has 6 heteroatoms. The first-order valence-electron chi connectivity index (χ1n) is 7.77. The highest BCUT2D eigenvalue weighted by Gasteiger charge is 2.37. The van der Waals surface area contributed by atoms with E-state index in [1.807, 2.05) is 17.0 Å². The van der Waals surface area contributed by atoms with Crippen molar-refractivity contribution in [1.82, 2.24) is 15.2 Å². The second kappa shape index (κ2) is 8.43. The average Bonchev–Trinajstić information content (AvgIpc) is 2.94. The minimum Gasteiger partial charge on any atom is -0.372 e. The van der Waals surface area contributed by atoms with E-state index < -0.39 is 0 Å². The van der Waals surface area contributed by atoms with Crippen LogP contribution in [0.4, 0.5) is 0 Å². The topological polar surface area (TPSA) is 71.5 Å². The van der Waals surface area contributed by atoms with Crippen molar-refractivity contribution in [3.63, 3.8) is 0 Å². The van der Waals surface area contributed by atoms with Crippen LogP contribution in [0.2, 0.25) is 0 Å². The van der Waals surface area contributed by atoms with Crippen molar-refractivity contribution in [2.45, 2.75) is 31.9 Å². The van der Waals surface area contributed by atoms with Gasteiger partial charge in [-0.15, -0.1) is 6.58 Å². The number of aromatic nitrogens is 1. The highest BCUT2D eigenvalue weighted by Crippen LogP contribution is 2.24. The lowest BCUT2D eigenvalue weighted by Crippen LogP contribution is -2.46. The predicted molar refractivity (Wildman–Crippen MR) is 86.7 cm³/mol. The number of hydrogen-bond acceptors (Lipinski definition) is 4. The summed E-state index contributed by atoms with van der Waals surface area (Å²) in [7, 11) is 0. The molecule has 1 aliphatic heterocycles. The molecule has 0 bridgehead atoms. The molecule has 0 unspecified atom stereocenters. The SMILES string of the molecule is C=CCO[C@H]1CCN(C(=O)CNC(C)=O)[C@H]1Cc1ccncc1. The van der Waals surface area contributed by atoms with Crippen molar-refractivity contribution in [3.05, 3.63) is 42.7 Å². The van der Waals surface area contributed by atoms with Gasteiger partial charge in [0, 0.05) is 25.9 Å². The molecule has 0 spiro atoms. The molecule has 124 valence electrons. The van der Waals surface area contributed by atoms with Crippen molar-refractivity contribution in [2.75, 3.05) is 19.7 Å². The maximum absolute atomic E-state index is 12.4. The molecule has 0 saturated carbocycles. The van der Waals surface area contributed by atoms with Crippen LogP contribution in [0.1, 0.15) is 18.9 Å². The number of carbonyl (C=O) groups excluding carboxylic acids is 2. The third-order valence-corrected chi connectivity index (χ3v) is 3.92. The Hall–Kier alpha value is -2.21. The summed E-state index contributed by atoms with van der Waals surface area (Å²) in [4.78, 5) is 29.2. The highest BCUT2D eigenvalue weighted by atomic mass is 16.5. The lowest BCUT2D eigenvalue weighted by Gasteiger charge is -2.28. The molecule has 1 aliphatic rings. The van der Waals surface area contributed by atoms with Gasteiger partial charge in [-0.05, 0) is 30.5 Å². The fourth-order valence-corrected chi connectivity index (χ4v) is 2.82. The van der Waals surface area contributed by atoms with E-state index in [-0.39, 0.29) is 30.5 Å². The van der Waals surface area contributed by atoms with Gasteiger partial charge in [-0.25, -0.2) is 0 Å². The number of nitrogens with zero attached hydrogens (tertiary/aromatic N) is 2. The van der Waals surface area contributed by atoms with E-state index in [0.717, 1.165) is 12.0 Å². The van der Waals surface area contributed by atoms with Crippen LogP contribution in [0.15, 0.2) is 37.2 Å². The summed E-state index contributed by atoms with van der Waals surface area (Å²) in [6.07, 6.45) is 6.67. The van der Waals surface area contributed by atoms with Gasteiger partial charge in [0.25, 0.3) is 0 Å². The van der Waals surface area contributed by atoms with Gasteiger partial charge >= 0.3 is 0 Å². The summed E-state index contributed by atoms with van der Waals surface area (Å²) in [5.41, 5.74) is 1.11. The van der Waals surface area contributed by atoms with Crippen molar-refractivity contribution in [1.29, 1.82) is 0 Å². The third-order valence-electron chi connectivity index (χ3n) is 3.92. The molecule has 1 fully saturated rings. The molecule has 1 aromatic heterocycles. The first-order valence-corrected chi connectivity index (χ1v) is 7.77. The minimum atomic E-state index is -0.206. The summed E-state index contributed by atoms with van der Waals surface area (Å²) in [6.45, 7) is 6.20. The van der Waals surface area contributed by atoms with E-state index in [0.29, 0.717) is 19.6 Å². The maximum atomic E-state index is 12.4. The molecule has 1 N–H and O–H groups in total. The van der Waals surface area contributed by atoms with Gasteiger partial charge in [-0.2, -0.15) is 0 Å². The van der Waals surface area contributed by atoms with Crippen molar-refractivity contribution >= 4 is 11.8 Å². The molecule has 6 nitrogen and oxygen atoms in total. The van der Waals surface area contributed by atoms with Gasteiger partial charge in [-0.1, -0.05) is 6.08 Å². The van der Waals surface area contributed by atoms with Crippen LogP contribution in [0.25, 0.3) is 0 Å². The molecule has 0 radical (unpaired) electrons. The Labute approximate surface area is 136 Å². The van der Waals surface area contributed by atoms with E-state index in [1.54, 1.807) is 18.5 Å². The standard InChI is InChI=1S/C17H23N3O3/c1-3-10-23-16-6-9-20(17(22)12-19-13(2)21)15(16)11-14-4-7-18-8-5-14/h3-5,7-8,15-16H,1,6,9-12H2,2H3,(H,19,21)/t15-,16-/m0/s1. The Morgan fingerprint density at radius 1 is 1.48 bits per heavy atom. The number of likely N-dealkylation sites (tertiary alicyclic amines) is 1. The van der Waals surface area contributed by atoms with Crippen molar-refractivity contribution in [3.8, 4) is 0 Å². The minimum absolute atomic E-state index is 0.0242. The van der Waals surface area contributed by atoms with Crippen molar-refractivity contribution < 1.29 is 14.3 Å². The Balaban J connectivity index is 2.07. The Bertz CT molecular complexity index is 547. The Kier molecular flexibility index (Phi) is 6.29. The summed E-state index contributed by atoms with van der Waals surface area (Å²) in [6, 6.07) is 3.84. The molecular weight excluding hydrogens is 294 g/mol. The van der Waals surface area contributed by atoms with Gasteiger partial charge in [0.15, 0.2) is 0 Å². The smallest absolute Gasteiger partial charge is 0.242 e. The van der Waals surface area contributed by atoms with Crippen LogP contribution in [-0.4, -0.2) is 53.5 Å². The molecule has 1 aromatic rings. The molecule has 1 saturated heterocycles. The number of ether oxygens (including phenoxy) is 1. The number of rotatable bonds is 7. The summed E-state index contributed by atoms with van der Waals surface area (Å²) in [5.74, 6) is -0.286. The van der Waals surface area contributed by atoms with Gasteiger partial charge in [-0.3, -0.25) is 14.6 Å². The first kappa shape index (κ1) is 17.1. The average molecular weight is 317 g/mol. The maximum Gasteiger partial charge on any atom is 0.242 e. The zero-order valence-corrected chi connectivity index (χ0v) is 13.4. The number of hydrogen-bond donors (Lipinski definition) is 1. The highest BCUT2D eigenvalue weighted by molar-refractivity contribution is 5.84. The zero-order valence-electron chi connectivity index (χ0n) is 13.4. The van der Waals surface area contributed by atoms with Gasteiger partial charge in [0.2, 0.25) is 11.8 Å². The molecule has 23 heavy (non-hydrogen) atoms. The van der Waals surface area contributed by atoms with E-state index >= 15 is 0 Å². The number of carbonyl (C=O) groups is 2. The molecule has 2 rings (SSSR count).